The number of non-ortho nitro benzene ring substituents is 1. The van der Waals surface area contributed by atoms with E-state index in [1.807, 2.05) is 13.0 Å². The van der Waals surface area contributed by atoms with Gasteiger partial charge < -0.3 is 10.6 Å². The van der Waals surface area contributed by atoms with E-state index in [9.17, 15) is 28.1 Å². The number of alkyl halides is 3. The summed E-state index contributed by atoms with van der Waals surface area (Å²) in [5, 5.41) is 16.6. The number of halogens is 3. The van der Waals surface area contributed by atoms with Gasteiger partial charge in [-0.2, -0.15) is 13.2 Å². The van der Waals surface area contributed by atoms with Gasteiger partial charge in [-0.3, -0.25) is 15.1 Å². The van der Waals surface area contributed by atoms with E-state index in [1.165, 1.54) is 42.6 Å². The number of carbonyl (C=O) groups is 1. The van der Waals surface area contributed by atoms with Crippen LogP contribution in [-0.2, 0) is 18.1 Å². The minimum atomic E-state index is -4.61. The molecule has 0 aliphatic rings. The van der Waals surface area contributed by atoms with Gasteiger partial charge in [-0.05, 0) is 53.9 Å². The fourth-order valence-electron chi connectivity index (χ4n) is 4.21. The van der Waals surface area contributed by atoms with Gasteiger partial charge in [-0.25, -0.2) is 4.79 Å². The van der Waals surface area contributed by atoms with Gasteiger partial charge in [-0.15, -0.1) is 0 Å². The standard InChI is InChI=1S/C28H23F3N4O3/c1-19-13-14-32-25(15-19)27(18-20-7-3-2-4-8-20,21-9-5-10-22(16-21)28(29,30)31)34-26(36)33-23-11-6-12-24(17-23)35(37)38/h2-17H,18H2,1H3,(H2,33,34,36). The van der Waals surface area contributed by atoms with Crippen LogP contribution in [0.2, 0.25) is 0 Å². The van der Waals surface area contributed by atoms with Crippen LogP contribution in [0.1, 0.15) is 27.9 Å². The topological polar surface area (TPSA) is 97.2 Å². The Hall–Kier alpha value is -4.73. The number of aromatic nitrogens is 1. The van der Waals surface area contributed by atoms with E-state index >= 15 is 0 Å². The SMILES string of the molecule is Cc1ccnc(C(Cc2ccccc2)(NC(=O)Nc2cccc([N+](=O)[O-])c2)c2cccc(C(F)(F)F)c2)c1. The number of benzene rings is 3. The molecule has 1 aromatic heterocycles. The predicted octanol–water partition coefficient (Wildman–Crippen LogP) is 6.63. The first-order valence-corrected chi connectivity index (χ1v) is 11.6. The molecule has 2 amide bonds. The molecular formula is C28H23F3N4O3. The lowest BCUT2D eigenvalue weighted by Gasteiger charge is -2.36. The van der Waals surface area contributed by atoms with Crippen molar-refractivity contribution in [3.05, 3.63) is 135 Å². The summed E-state index contributed by atoms with van der Waals surface area (Å²) in [7, 11) is 0. The Labute approximate surface area is 216 Å². The maximum atomic E-state index is 13.7. The highest BCUT2D eigenvalue weighted by Crippen LogP contribution is 2.37. The molecule has 0 saturated heterocycles. The molecule has 0 spiro atoms. The van der Waals surface area contributed by atoms with Gasteiger partial charge in [0.05, 0.1) is 16.2 Å². The van der Waals surface area contributed by atoms with Crippen molar-refractivity contribution in [3.63, 3.8) is 0 Å². The van der Waals surface area contributed by atoms with Crippen molar-refractivity contribution in [1.29, 1.82) is 0 Å². The number of aryl methyl sites for hydroxylation is 1. The molecule has 10 heteroatoms. The third-order valence-electron chi connectivity index (χ3n) is 5.99. The number of nitrogens with one attached hydrogen (secondary N) is 2. The minimum absolute atomic E-state index is 0.0773. The van der Waals surface area contributed by atoms with Gasteiger partial charge in [0.15, 0.2) is 0 Å². The largest absolute Gasteiger partial charge is 0.416 e. The van der Waals surface area contributed by atoms with Gasteiger partial charge in [0.25, 0.3) is 5.69 Å². The average molecular weight is 521 g/mol. The molecule has 194 valence electrons. The van der Waals surface area contributed by atoms with Crippen molar-refractivity contribution < 1.29 is 22.9 Å². The smallest absolute Gasteiger partial charge is 0.322 e. The lowest BCUT2D eigenvalue weighted by molar-refractivity contribution is -0.384. The van der Waals surface area contributed by atoms with Crippen LogP contribution in [0.3, 0.4) is 0 Å². The van der Waals surface area contributed by atoms with Crippen LogP contribution in [0.15, 0.2) is 97.2 Å². The number of rotatable bonds is 7. The van der Waals surface area contributed by atoms with E-state index in [2.05, 4.69) is 15.6 Å². The highest BCUT2D eigenvalue weighted by atomic mass is 19.4. The summed E-state index contributed by atoms with van der Waals surface area (Å²) in [5.41, 5.74) is -0.453. The second-order valence-corrected chi connectivity index (χ2v) is 8.75. The minimum Gasteiger partial charge on any atom is -0.322 e. The van der Waals surface area contributed by atoms with E-state index in [0.29, 0.717) is 5.69 Å². The number of urea groups is 1. The van der Waals surface area contributed by atoms with E-state index in [1.54, 1.807) is 36.4 Å². The van der Waals surface area contributed by atoms with E-state index in [4.69, 9.17) is 0 Å². The normalized spacial score (nSPS) is 12.8. The lowest BCUT2D eigenvalue weighted by Crippen LogP contribution is -2.50. The molecule has 0 bridgehead atoms. The lowest BCUT2D eigenvalue weighted by atomic mass is 9.79. The highest BCUT2D eigenvalue weighted by Gasteiger charge is 2.40. The highest BCUT2D eigenvalue weighted by molar-refractivity contribution is 5.90. The Kier molecular flexibility index (Phi) is 7.43. The van der Waals surface area contributed by atoms with Gasteiger partial charge in [-0.1, -0.05) is 48.5 Å². The molecule has 1 unspecified atom stereocenters. The van der Waals surface area contributed by atoms with Crippen LogP contribution in [0.25, 0.3) is 0 Å². The summed E-state index contributed by atoms with van der Waals surface area (Å²) in [6, 6.07) is 21.8. The number of nitro groups is 1. The summed E-state index contributed by atoms with van der Waals surface area (Å²) >= 11 is 0. The molecule has 0 aliphatic heterocycles. The molecule has 4 rings (SSSR count). The second kappa shape index (κ2) is 10.7. The summed E-state index contributed by atoms with van der Waals surface area (Å²) in [6.45, 7) is 1.81. The molecule has 38 heavy (non-hydrogen) atoms. The van der Waals surface area contributed by atoms with Crippen molar-refractivity contribution in [1.82, 2.24) is 10.3 Å². The Bertz CT molecular complexity index is 1460. The second-order valence-electron chi connectivity index (χ2n) is 8.75. The summed E-state index contributed by atoms with van der Waals surface area (Å²) < 4.78 is 41.2. The van der Waals surface area contributed by atoms with Crippen LogP contribution < -0.4 is 10.6 Å². The molecular weight excluding hydrogens is 497 g/mol. The molecule has 0 saturated carbocycles. The van der Waals surface area contributed by atoms with Crippen molar-refractivity contribution in [2.24, 2.45) is 0 Å². The monoisotopic (exact) mass is 520 g/mol. The van der Waals surface area contributed by atoms with Gasteiger partial charge in [0.2, 0.25) is 0 Å². The van der Waals surface area contributed by atoms with Crippen LogP contribution in [0, 0.1) is 17.0 Å². The summed E-state index contributed by atoms with van der Waals surface area (Å²) in [4.78, 5) is 28.4. The van der Waals surface area contributed by atoms with Crippen molar-refractivity contribution >= 4 is 17.4 Å². The van der Waals surface area contributed by atoms with Crippen LogP contribution in [-0.4, -0.2) is 15.9 Å². The molecule has 0 fully saturated rings. The van der Waals surface area contributed by atoms with Crippen LogP contribution >= 0.6 is 0 Å². The molecule has 1 heterocycles. The number of amides is 2. The molecule has 7 nitrogen and oxygen atoms in total. The number of anilines is 1. The van der Waals surface area contributed by atoms with Crippen LogP contribution in [0.4, 0.5) is 29.3 Å². The van der Waals surface area contributed by atoms with Crippen molar-refractivity contribution in [2.75, 3.05) is 5.32 Å². The summed E-state index contributed by atoms with van der Waals surface area (Å²) in [5.74, 6) is 0. The fraction of sp³-hybridized carbons (Fsp3) is 0.143. The molecule has 2 N–H and O–H groups in total. The fourth-order valence-corrected chi connectivity index (χ4v) is 4.21. The molecule has 3 aromatic carbocycles. The number of hydrogen-bond donors (Lipinski definition) is 2. The Morgan fingerprint density at radius 3 is 2.32 bits per heavy atom. The first-order valence-electron chi connectivity index (χ1n) is 11.6. The third kappa shape index (κ3) is 5.97. The Balaban J connectivity index is 1.86. The number of pyridine rings is 1. The maximum Gasteiger partial charge on any atom is 0.416 e. The zero-order valence-corrected chi connectivity index (χ0v) is 20.2. The van der Waals surface area contributed by atoms with Crippen molar-refractivity contribution in [2.45, 2.75) is 25.1 Å². The molecule has 4 aromatic rings. The number of nitro benzene ring substituents is 1. The number of carbonyl (C=O) groups excluding carboxylic acids is 1. The Morgan fingerprint density at radius 1 is 0.921 bits per heavy atom. The first-order chi connectivity index (χ1) is 18.1. The molecule has 0 radical (unpaired) electrons. The molecule has 0 aliphatic carbocycles. The van der Waals surface area contributed by atoms with E-state index < -0.39 is 28.2 Å². The van der Waals surface area contributed by atoms with Crippen LogP contribution in [0.5, 0.6) is 0 Å². The van der Waals surface area contributed by atoms with Crippen molar-refractivity contribution in [3.8, 4) is 0 Å². The number of hydrogen-bond acceptors (Lipinski definition) is 4. The zero-order valence-electron chi connectivity index (χ0n) is 20.2. The zero-order chi connectivity index (χ0) is 27.3. The quantitative estimate of drug-likeness (QED) is 0.211. The van der Waals surface area contributed by atoms with E-state index in [0.717, 1.165) is 23.3 Å². The van der Waals surface area contributed by atoms with E-state index in [-0.39, 0.29) is 23.4 Å². The maximum absolute atomic E-state index is 13.7. The van der Waals surface area contributed by atoms with Gasteiger partial charge in [0.1, 0.15) is 5.54 Å². The number of nitrogens with zero attached hydrogens (tertiary/aromatic N) is 2. The first kappa shape index (κ1) is 26.3. The third-order valence-corrected chi connectivity index (χ3v) is 5.99. The average Bonchev–Trinajstić information content (AvgIpc) is 2.88. The summed E-state index contributed by atoms with van der Waals surface area (Å²) in [6.07, 6.45) is -3.01. The van der Waals surface area contributed by atoms with Gasteiger partial charge in [0, 0.05) is 30.4 Å². The predicted molar refractivity (Wildman–Crippen MR) is 137 cm³/mol. The molecule has 1 atom stereocenters. The Morgan fingerprint density at radius 2 is 1.63 bits per heavy atom. The van der Waals surface area contributed by atoms with Gasteiger partial charge >= 0.3 is 12.2 Å².